The first-order valence-electron chi connectivity index (χ1n) is 7.02. The normalized spacial score (nSPS) is 20.7. The molecule has 1 aliphatic heterocycles. The minimum atomic E-state index is 0.624. The average Bonchev–Trinajstić information content (AvgIpc) is 2.95. The van der Waals surface area contributed by atoms with E-state index in [1.54, 1.807) is 0 Å². The Morgan fingerprint density at radius 2 is 2.32 bits per heavy atom. The lowest BCUT2D eigenvalue weighted by Crippen LogP contribution is -2.36. The molecule has 0 amide bonds. The van der Waals surface area contributed by atoms with E-state index >= 15 is 0 Å². The maximum atomic E-state index is 6.00. The van der Waals surface area contributed by atoms with Crippen molar-refractivity contribution < 1.29 is 0 Å². The maximum absolute atomic E-state index is 6.00. The van der Waals surface area contributed by atoms with E-state index in [1.807, 2.05) is 18.3 Å². The first kappa shape index (κ1) is 12.9. The molecule has 1 aliphatic rings. The number of fused-ring (bicyclic) bond motifs is 1. The second-order valence-corrected chi connectivity index (χ2v) is 6.11. The molecule has 1 atom stereocenters. The van der Waals surface area contributed by atoms with Crippen LogP contribution in [0.25, 0.3) is 5.65 Å². The number of likely N-dealkylation sites (tertiary alicyclic amines) is 1. The predicted molar refractivity (Wildman–Crippen MR) is 78.8 cm³/mol. The van der Waals surface area contributed by atoms with Crippen molar-refractivity contribution >= 4 is 17.2 Å². The molecule has 0 aliphatic carbocycles. The molecule has 19 heavy (non-hydrogen) atoms. The van der Waals surface area contributed by atoms with Gasteiger partial charge in [0, 0.05) is 35.9 Å². The van der Waals surface area contributed by atoms with E-state index in [0.717, 1.165) is 17.1 Å². The average molecular weight is 278 g/mol. The van der Waals surface area contributed by atoms with Gasteiger partial charge in [-0.2, -0.15) is 0 Å². The third-order valence-corrected chi connectivity index (χ3v) is 4.24. The maximum Gasteiger partial charge on any atom is 0.138 e. The van der Waals surface area contributed by atoms with Crippen molar-refractivity contribution in [2.75, 3.05) is 6.54 Å². The van der Waals surface area contributed by atoms with Crippen molar-refractivity contribution in [2.45, 2.75) is 45.2 Å². The molecule has 1 saturated heterocycles. The highest BCUT2D eigenvalue weighted by molar-refractivity contribution is 6.30. The predicted octanol–water partition coefficient (Wildman–Crippen LogP) is 3.40. The molecule has 3 rings (SSSR count). The summed E-state index contributed by atoms with van der Waals surface area (Å²) in [6.07, 6.45) is 7.73. The summed E-state index contributed by atoms with van der Waals surface area (Å²) in [5.74, 6) is 0. The molecule has 0 spiro atoms. The number of hydrogen-bond acceptors (Lipinski definition) is 2. The van der Waals surface area contributed by atoms with Gasteiger partial charge in [-0.15, -0.1) is 0 Å². The monoisotopic (exact) mass is 277 g/mol. The highest BCUT2D eigenvalue weighted by Gasteiger charge is 2.27. The number of imidazole rings is 1. The molecule has 4 heteroatoms. The van der Waals surface area contributed by atoms with Crippen molar-refractivity contribution in [1.82, 2.24) is 14.3 Å². The van der Waals surface area contributed by atoms with Crippen LogP contribution in [0.1, 0.15) is 32.4 Å². The number of pyridine rings is 1. The Kier molecular flexibility index (Phi) is 3.50. The fraction of sp³-hybridized carbons (Fsp3) is 0.533. The van der Waals surface area contributed by atoms with Crippen LogP contribution in [-0.2, 0) is 6.42 Å². The van der Waals surface area contributed by atoms with Gasteiger partial charge in [0.05, 0.1) is 5.69 Å². The van der Waals surface area contributed by atoms with E-state index in [-0.39, 0.29) is 0 Å². The van der Waals surface area contributed by atoms with Crippen LogP contribution in [0.2, 0.25) is 5.02 Å². The van der Waals surface area contributed by atoms with Crippen molar-refractivity contribution in [3.8, 4) is 0 Å². The number of hydrogen-bond donors (Lipinski definition) is 0. The highest BCUT2D eigenvalue weighted by Crippen LogP contribution is 2.23. The molecule has 0 aromatic carbocycles. The van der Waals surface area contributed by atoms with Gasteiger partial charge in [-0.05, 0) is 45.4 Å². The Morgan fingerprint density at radius 1 is 1.47 bits per heavy atom. The summed E-state index contributed by atoms with van der Waals surface area (Å²) in [6.45, 7) is 5.78. The zero-order valence-electron chi connectivity index (χ0n) is 11.5. The van der Waals surface area contributed by atoms with Crippen molar-refractivity contribution in [1.29, 1.82) is 0 Å². The van der Waals surface area contributed by atoms with Gasteiger partial charge in [0.2, 0.25) is 0 Å². The Bertz CT molecular complexity index is 576. The van der Waals surface area contributed by atoms with E-state index in [2.05, 4.69) is 34.3 Å². The lowest BCUT2D eigenvalue weighted by Gasteiger charge is -2.27. The summed E-state index contributed by atoms with van der Waals surface area (Å²) in [5, 5.41) is 0.745. The van der Waals surface area contributed by atoms with E-state index in [0.29, 0.717) is 12.1 Å². The van der Waals surface area contributed by atoms with Crippen LogP contribution in [0.15, 0.2) is 24.5 Å². The minimum Gasteiger partial charge on any atom is -0.307 e. The highest BCUT2D eigenvalue weighted by atomic mass is 35.5. The number of rotatable bonds is 3. The van der Waals surface area contributed by atoms with Crippen molar-refractivity contribution in [3.63, 3.8) is 0 Å². The van der Waals surface area contributed by atoms with E-state index in [9.17, 15) is 0 Å². The Morgan fingerprint density at radius 3 is 3.11 bits per heavy atom. The van der Waals surface area contributed by atoms with Crippen molar-refractivity contribution in [3.05, 3.63) is 35.2 Å². The molecular formula is C15H20ClN3. The van der Waals surface area contributed by atoms with Gasteiger partial charge in [0.25, 0.3) is 0 Å². The van der Waals surface area contributed by atoms with Gasteiger partial charge in [0.15, 0.2) is 0 Å². The number of halogens is 1. The smallest absolute Gasteiger partial charge is 0.138 e. The molecule has 1 unspecified atom stereocenters. The first-order chi connectivity index (χ1) is 9.13. The fourth-order valence-electron chi connectivity index (χ4n) is 3.11. The Balaban J connectivity index is 1.81. The van der Waals surface area contributed by atoms with Crippen LogP contribution < -0.4 is 0 Å². The van der Waals surface area contributed by atoms with Gasteiger partial charge in [-0.1, -0.05) is 11.6 Å². The zero-order valence-corrected chi connectivity index (χ0v) is 12.3. The SMILES string of the molecule is CC(C)N1CCCC1Cc1cn2ccc(Cl)cc2n1. The zero-order chi connectivity index (χ0) is 13.4. The summed E-state index contributed by atoms with van der Waals surface area (Å²) in [5.41, 5.74) is 2.11. The second kappa shape index (κ2) is 5.14. The quantitative estimate of drug-likeness (QED) is 0.857. The summed E-state index contributed by atoms with van der Waals surface area (Å²) in [7, 11) is 0. The summed E-state index contributed by atoms with van der Waals surface area (Å²) in [4.78, 5) is 7.28. The van der Waals surface area contributed by atoms with E-state index in [4.69, 9.17) is 11.6 Å². The summed E-state index contributed by atoms with van der Waals surface area (Å²) >= 11 is 6.00. The molecule has 3 heterocycles. The lowest BCUT2D eigenvalue weighted by molar-refractivity contribution is 0.202. The van der Waals surface area contributed by atoms with Crippen LogP contribution in [0.5, 0.6) is 0 Å². The van der Waals surface area contributed by atoms with Gasteiger partial charge < -0.3 is 4.40 Å². The fourth-order valence-corrected chi connectivity index (χ4v) is 3.26. The minimum absolute atomic E-state index is 0.624. The topological polar surface area (TPSA) is 20.5 Å². The third-order valence-electron chi connectivity index (χ3n) is 4.00. The van der Waals surface area contributed by atoms with Gasteiger partial charge in [0.1, 0.15) is 5.65 Å². The number of aromatic nitrogens is 2. The second-order valence-electron chi connectivity index (χ2n) is 5.67. The molecule has 2 aromatic rings. The van der Waals surface area contributed by atoms with Gasteiger partial charge >= 0.3 is 0 Å². The molecule has 3 nitrogen and oxygen atoms in total. The van der Waals surface area contributed by atoms with Crippen LogP contribution in [0, 0.1) is 0 Å². The molecule has 0 saturated carbocycles. The molecule has 0 radical (unpaired) electrons. The standard InChI is InChI=1S/C15H20ClN3/c1-11(2)19-6-3-4-14(19)9-13-10-18-7-5-12(16)8-15(18)17-13/h5,7-8,10-11,14H,3-4,6,9H2,1-2H3. The van der Waals surface area contributed by atoms with Crippen molar-refractivity contribution in [2.24, 2.45) is 0 Å². The molecule has 0 bridgehead atoms. The third kappa shape index (κ3) is 2.63. The van der Waals surface area contributed by atoms with Crippen LogP contribution >= 0.6 is 11.6 Å². The molecule has 0 N–H and O–H groups in total. The molecule has 2 aromatic heterocycles. The Hall–Kier alpha value is -1.06. The van der Waals surface area contributed by atoms with Gasteiger partial charge in [-0.3, -0.25) is 4.90 Å². The van der Waals surface area contributed by atoms with Gasteiger partial charge in [-0.25, -0.2) is 4.98 Å². The first-order valence-corrected chi connectivity index (χ1v) is 7.40. The van der Waals surface area contributed by atoms with Crippen LogP contribution in [-0.4, -0.2) is 32.9 Å². The van der Waals surface area contributed by atoms with Crippen LogP contribution in [0.3, 0.4) is 0 Å². The Labute approximate surface area is 119 Å². The molecule has 102 valence electrons. The van der Waals surface area contributed by atoms with Crippen LogP contribution in [0.4, 0.5) is 0 Å². The van der Waals surface area contributed by atoms with E-state index in [1.165, 1.54) is 25.1 Å². The molecular weight excluding hydrogens is 258 g/mol. The summed E-state index contributed by atoms with van der Waals surface area (Å²) in [6, 6.07) is 5.08. The summed E-state index contributed by atoms with van der Waals surface area (Å²) < 4.78 is 2.05. The molecule has 1 fully saturated rings. The lowest BCUT2D eigenvalue weighted by atomic mass is 10.1. The largest absolute Gasteiger partial charge is 0.307 e. The number of nitrogens with zero attached hydrogens (tertiary/aromatic N) is 3. The van der Waals surface area contributed by atoms with E-state index < -0.39 is 0 Å².